The lowest BCUT2D eigenvalue weighted by Crippen LogP contribution is -2.30. The molecule has 86 valence electrons. The summed E-state index contributed by atoms with van der Waals surface area (Å²) in [5.41, 5.74) is 0.908. The minimum Gasteiger partial charge on any atom is -0.359 e. The zero-order valence-electron chi connectivity index (χ0n) is 9.60. The normalized spacial score (nSPS) is 19.9. The lowest BCUT2D eigenvalue weighted by Gasteiger charge is -2.16. The highest BCUT2D eigenvalue weighted by Crippen LogP contribution is 2.21. The molecule has 16 heavy (non-hydrogen) atoms. The standard InChI is InChI=1S/C11H16N4O/c1-8-3-4-10(14-13-8)15-6-5-9(7-15)11(16)12-2/h3-4,9H,5-7H2,1-2H3,(H,12,16)/t9-/m0/s1. The summed E-state index contributed by atoms with van der Waals surface area (Å²) in [7, 11) is 1.68. The molecular formula is C11H16N4O. The van der Waals surface area contributed by atoms with Crippen LogP contribution < -0.4 is 10.2 Å². The van der Waals surface area contributed by atoms with Crippen molar-refractivity contribution in [3.63, 3.8) is 0 Å². The summed E-state index contributed by atoms with van der Waals surface area (Å²) in [6.07, 6.45) is 0.884. The first-order valence-electron chi connectivity index (χ1n) is 5.47. The number of aryl methyl sites for hydroxylation is 1. The van der Waals surface area contributed by atoms with E-state index >= 15 is 0 Å². The van der Waals surface area contributed by atoms with Crippen molar-refractivity contribution in [2.75, 3.05) is 25.0 Å². The van der Waals surface area contributed by atoms with Gasteiger partial charge in [0.25, 0.3) is 0 Å². The molecule has 1 N–H and O–H groups in total. The van der Waals surface area contributed by atoms with Gasteiger partial charge in [-0.3, -0.25) is 4.79 Å². The predicted molar refractivity (Wildman–Crippen MR) is 61.2 cm³/mol. The van der Waals surface area contributed by atoms with Crippen LogP contribution in [0.3, 0.4) is 0 Å². The number of hydrogen-bond acceptors (Lipinski definition) is 4. The van der Waals surface area contributed by atoms with Crippen molar-refractivity contribution in [2.45, 2.75) is 13.3 Å². The largest absolute Gasteiger partial charge is 0.359 e. The van der Waals surface area contributed by atoms with Crippen LogP contribution >= 0.6 is 0 Å². The van der Waals surface area contributed by atoms with Gasteiger partial charge in [0.1, 0.15) is 0 Å². The second-order valence-corrected chi connectivity index (χ2v) is 4.08. The van der Waals surface area contributed by atoms with Crippen LogP contribution in [-0.2, 0) is 4.79 Å². The van der Waals surface area contributed by atoms with Crippen LogP contribution in [0.2, 0.25) is 0 Å². The molecule has 0 saturated carbocycles. The molecule has 1 aliphatic heterocycles. The summed E-state index contributed by atoms with van der Waals surface area (Å²) >= 11 is 0. The number of hydrogen-bond donors (Lipinski definition) is 1. The first-order valence-corrected chi connectivity index (χ1v) is 5.47. The molecule has 0 unspecified atom stereocenters. The van der Waals surface area contributed by atoms with Crippen molar-refractivity contribution in [1.82, 2.24) is 15.5 Å². The Morgan fingerprint density at radius 3 is 2.94 bits per heavy atom. The first kappa shape index (κ1) is 10.9. The third kappa shape index (κ3) is 2.13. The van der Waals surface area contributed by atoms with Crippen molar-refractivity contribution < 1.29 is 4.79 Å². The number of nitrogens with one attached hydrogen (secondary N) is 1. The third-order valence-electron chi connectivity index (χ3n) is 2.91. The number of carbonyl (C=O) groups is 1. The van der Waals surface area contributed by atoms with Crippen LogP contribution in [0.1, 0.15) is 12.1 Å². The van der Waals surface area contributed by atoms with Gasteiger partial charge in [-0.25, -0.2) is 0 Å². The lowest BCUT2D eigenvalue weighted by atomic mass is 10.1. The number of carbonyl (C=O) groups excluding carboxylic acids is 1. The average molecular weight is 220 g/mol. The van der Waals surface area contributed by atoms with Gasteiger partial charge in [0.15, 0.2) is 5.82 Å². The van der Waals surface area contributed by atoms with Gasteiger partial charge in [-0.05, 0) is 25.5 Å². The van der Waals surface area contributed by atoms with E-state index in [0.29, 0.717) is 0 Å². The summed E-state index contributed by atoms with van der Waals surface area (Å²) in [6, 6.07) is 3.89. The summed E-state index contributed by atoms with van der Waals surface area (Å²) in [5, 5.41) is 10.8. The number of amides is 1. The van der Waals surface area contributed by atoms with E-state index in [-0.39, 0.29) is 11.8 Å². The Kier molecular flexibility index (Phi) is 3.03. The van der Waals surface area contributed by atoms with Crippen LogP contribution in [-0.4, -0.2) is 36.2 Å². The fourth-order valence-electron chi connectivity index (χ4n) is 1.95. The van der Waals surface area contributed by atoms with E-state index in [9.17, 15) is 4.79 Å². The molecular weight excluding hydrogens is 204 g/mol. The molecule has 5 nitrogen and oxygen atoms in total. The van der Waals surface area contributed by atoms with Crippen molar-refractivity contribution in [3.8, 4) is 0 Å². The van der Waals surface area contributed by atoms with Crippen LogP contribution in [0.15, 0.2) is 12.1 Å². The van der Waals surface area contributed by atoms with Crippen molar-refractivity contribution in [2.24, 2.45) is 5.92 Å². The molecule has 1 aromatic rings. The van der Waals surface area contributed by atoms with E-state index in [2.05, 4.69) is 20.4 Å². The highest BCUT2D eigenvalue weighted by atomic mass is 16.1. The smallest absolute Gasteiger partial charge is 0.224 e. The number of anilines is 1. The summed E-state index contributed by atoms with van der Waals surface area (Å²) in [6.45, 7) is 3.52. The van der Waals surface area contributed by atoms with Gasteiger partial charge in [0.05, 0.1) is 11.6 Å². The van der Waals surface area contributed by atoms with Gasteiger partial charge in [-0.1, -0.05) is 0 Å². The maximum atomic E-state index is 11.5. The number of rotatable bonds is 2. The van der Waals surface area contributed by atoms with E-state index in [1.807, 2.05) is 19.1 Å². The molecule has 0 radical (unpaired) electrons. The maximum Gasteiger partial charge on any atom is 0.224 e. The molecule has 0 aliphatic carbocycles. The second kappa shape index (κ2) is 4.47. The molecule has 1 saturated heterocycles. The number of nitrogens with zero attached hydrogens (tertiary/aromatic N) is 3. The van der Waals surface area contributed by atoms with Crippen LogP contribution in [0.25, 0.3) is 0 Å². The lowest BCUT2D eigenvalue weighted by molar-refractivity contribution is -0.123. The van der Waals surface area contributed by atoms with Gasteiger partial charge in [0, 0.05) is 20.1 Å². The van der Waals surface area contributed by atoms with E-state index in [4.69, 9.17) is 0 Å². The average Bonchev–Trinajstić information content (AvgIpc) is 2.78. The highest BCUT2D eigenvalue weighted by Gasteiger charge is 2.28. The van der Waals surface area contributed by atoms with Gasteiger partial charge in [-0.15, -0.1) is 5.10 Å². The third-order valence-corrected chi connectivity index (χ3v) is 2.91. The van der Waals surface area contributed by atoms with Gasteiger partial charge >= 0.3 is 0 Å². The number of aromatic nitrogens is 2. The van der Waals surface area contributed by atoms with Crippen LogP contribution in [0.4, 0.5) is 5.82 Å². The SMILES string of the molecule is CNC(=O)[C@H]1CCN(c2ccc(C)nn2)C1. The Balaban J connectivity index is 2.03. The van der Waals surface area contributed by atoms with Gasteiger partial charge < -0.3 is 10.2 Å². The minimum absolute atomic E-state index is 0.0769. The van der Waals surface area contributed by atoms with E-state index < -0.39 is 0 Å². The van der Waals surface area contributed by atoms with Crippen LogP contribution in [0.5, 0.6) is 0 Å². The van der Waals surface area contributed by atoms with Crippen LogP contribution in [0, 0.1) is 12.8 Å². The Hall–Kier alpha value is -1.65. The monoisotopic (exact) mass is 220 g/mol. The molecule has 1 fully saturated rings. The predicted octanol–water partition coefficient (Wildman–Crippen LogP) is 0.357. The Bertz CT molecular complexity index is 376. The molecule has 1 aliphatic rings. The quantitative estimate of drug-likeness (QED) is 0.781. The molecule has 0 spiro atoms. The molecule has 1 amide bonds. The Morgan fingerprint density at radius 1 is 1.50 bits per heavy atom. The van der Waals surface area contributed by atoms with Gasteiger partial charge in [-0.2, -0.15) is 5.10 Å². The van der Waals surface area contributed by atoms with E-state index in [1.165, 1.54) is 0 Å². The molecule has 1 atom stereocenters. The summed E-state index contributed by atoms with van der Waals surface area (Å²) in [5.74, 6) is 1.05. The van der Waals surface area contributed by atoms with Crippen molar-refractivity contribution in [3.05, 3.63) is 17.8 Å². The fourth-order valence-corrected chi connectivity index (χ4v) is 1.95. The maximum absolute atomic E-state index is 11.5. The second-order valence-electron chi connectivity index (χ2n) is 4.08. The molecule has 2 rings (SSSR count). The van der Waals surface area contributed by atoms with Crippen molar-refractivity contribution in [1.29, 1.82) is 0 Å². The molecule has 0 bridgehead atoms. The van der Waals surface area contributed by atoms with Gasteiger partial charge in [0.2, 0.25) is 5.91 Å². The topological polar surface area (TPSA) is 58.1 Å². The molecule has 1 aromatic heterocycles. The zero-order chi connectivity index (χ0) is 11.5. The molecule has 2 heterocycles. The van der Waals surface area contributed by atoms with E-state index in [1.54, 1.807) is 7.05 Å². The van der Waals surface area contributed by atoms with Crippen molar-refractivity contribution >= 4 is 11.7 Å². The fraction of sp³-hybridized carbons (Fsp3) is 0.545. The summed E-state index contributed by atoms with van der Waals surface area (Å²) < 4.78 is 0. The summed E-state index contributed by atoms with van der Waals surface area (Å²) in [4.78, 5) is 13.6. The molecule has 5 heteroatoms. The Morgan fingerprint density at radius 2 is 2.31 bits per heavy atom. The Labute approximate surface area is 94.9 Å². The highest BCUT2D eigenvalue weighted by molar-refractivity contribution is 5.79. The zero-order valence-corrected chi connectivity index (χ0v) is 9.60. The van der Waals surface area contributed by atoms with E-state index in [0.717, 1.165) is 31.0 Å². The minimum atomic E-state index is 0.0769. The first-order chi connectivity index (χ1) is 7.70. The molecule has 0 aromatic carbocycles.